The van der Waals surface area contributed by atoms with Crippen molar-refractivity contribution in [3.63, 3.8) is 0 Å². The molecule has 7 heteroatoms. The highest BCUT2D eigenvalue weighted by Gasteiger charge is 2.10. The van der Waals surface area contributed by atoms with Crippen molar-refractivity contribution in [3.8, 4) is 5.75 Å². The van der Waals surface area contributed by atoms with Crippen LogP contribution in [0.5, 0.6) is 5.75 Å². The predicted molar refractivity (Wildman–Crippen MR) is 121 cm³/mol. The molecule has 0 bridgehead atoms. The molecular weight excluding hydrogens is 404 g/mol. The molecule has 32 heavy (non-hydrogen) atoms. The summed E-state index contributed by atoms with van der Waals surface area (Å²) >= 11 is 0. The van der Waals surface area contributed by atoms with Crippen molar-refractivity contribution >= 4 is 5.71 Å². The van der Waals surface area contributed by atoms with Crippen molar-refractivity contribution in [3.05, 3.63) is 114 Å². The molecule has 4 rings (SSSR count). The van der Waals surface area contributed by atoms with Gasteiger partial charge in [-0.25, -0.2) is 4.68 Å². The molecule has 4 aromatic rings. The molecule has 1 aromatic heterocycles. The van der Waals surface area contributed by atoms with Gasteiger partial charge in [0.2, 0.25) is 0 Å². The van der Waals surface area contributed by atoms with Crippen LogP contribution in [-0.4, -0.2) is 38.5 Å². The van der Waals surface area contributed by atoms with Crippen molar-refractivity contribution in [1.29, 1.82) is 0 Å². The minimum atomic E-state index is -0.716. The van der Waals surface area contributed by atoms with Gasteiger partial charge in [0.1, 0.15) is 29.9 Å². The molecule has 0 saturated carbocycles. The molecule has 7 nitrogen and oxygen atoms in total. The number of hydrogen-bond donors (Lipinski definition) is 1. The van der Waals surface area contributed by atoms with E-state index in [2.05, 4.69) is 15.5 Å². The molecule has 1 unspecified atom stereocenters. The second-order valence-electron chi connectivity index (χ2n) is 7.16. The molecule has 0 amide bonds. The van der Waals surface area contributed by atoms with Crippen LogP contribution in [0, 0.1) is 0 Å². The van der Waals surface area contributed by atoms with Gasteiger partial charge in [-0.1, -0.05) is 89.2 Å². The van der Waals surface area contributed by atoms with Gasteiger partial charge in [0, 0.05) is 11.1 Å². The lowest BCUT2D eigenvalue weighted by molar-refractivity contribution is 0.0887. The van der Waals surface area contributed by atoms with Gasteiger partial charge in [-0.05, 0) is 12.1 Å². The van der Waals surface area contributed by atoms with E-state index in [9.17, 15) is 5.11 Å². The Morgan fingerprint density at radius 3 is 2.09 bits per heavy atom. The van der Waals surface area contributed by atoms with Gasteiger partial charge < -0.3 is 14.7 Å². The maximum absolute atomic E-state index is 10.2. The Bertz CT molecular complexity index is 1070. The average molecular weight is 428 g/mol. The Labute approximate surface area is 186 Å². The van der Waals surface area contributed by atoms with E-state index in [-0.39, 0.29) is 19.8 Å². The lowest BCUT2D eigenvalue weighted by Crippen LogP contribution is -2.23. The van der Waals surface area contributed by atoms with E-state index in [1.165, 1.54) is 0 Å². The van der Waals surface area contributed by atoms with E-state index in [4.69, 9.17) is 9.57 Å². The fourth-order valence-electron chi connectivity index (χ4n) is 3.10. The van der Waals surface area contributed by atoms with Gasteiger partial charge in [-0.3, -0.25) is 0 Å². The molecule has 1 heterocycles. The normalized spacial score (nSPS) is 11.5. The number of rotatable bonds is 10. The van der Waals surface area contributed by atoms with Gasteiger partial charge in [0.25, 0.3) is 0 Å². The van der Waals surface area contributed by atoms with Gasteiger partial charge in [-0.2, -0.15) is 0 Å². The SMILES string of the molecule is OC(COc1ccccc1)Cn1cc(CON=C(c2ccccc2)c2ccccc2)nn1. The van der Waals surface area contributed by atoms with Crippen LogP contribution >= 0.6 is 0 Å². The minimum absolute atomic E-state index is 0.164. The molecule has 1 N–H and O–H groups in total. The number of hydrogen-bond acceptors (Lipinski definition) is 6. The van der Waals surface area contributed by atoms with E-state index in [0.717, 1.165) is 16.8 Å². The Morgan fingerprint density at radius 2 is 1.47 bits per heavy atom. The molecule has 0 radical (unpaired) electrons. The molecule has 0 saturated heterocycles. The van der Waals surface area contributed by atoms with Gasteiger partial charge in [0.15, 0.2) is 6.61 Å². The summed E-state index contributed by atoms with van der Waals surface area (Å²) in [5, 5.41) is 22.7. The molecule has 0 fully saturated rings. The molecular formula is C25H24N4O3. The third-order valence-electron chi connectivity index (χ3n) is 4.63. The quantitative estimate of drug-likeness (QED) is 0.308. The summed E-state index contributed by atoms with van der Waals surface area (Å²) in [5.41, 5.74) is 3.28. The smallest absolute Gasteiger partial charge is 0.162 e. The van der Waals surface area contributed by atoms with Crippen molar-refractivity contribution in [2.75, 3.05) is 6.61 Å². The summed E-state index contributed by atoms with van der Waals surface area (Å²) in [6.07, 6.45) is 1.01. The zero-order chi connectivity index (χ0) is 22.0. The van der Waals surface area contributed by atoms with E-state index in [0.29, 0.717) is 11.4 Å². The van der Waals surface area contributed by atoms with Crippen LogP contribution < -0.4 is 4.74 Å². The Balaban J connectivity index is 1.34. The first-order chi connectivity index (χ1) is 15.8. The van der Waals surface area contributed by atoms with E-state index >= 15 is 0 Å². The summed E-state index contributed by atoms with van der Waals surface area (Å²) in [6.45, 7) is 0.597. The van der Waals surface area contributed by atoms with Crippen molar-refractivity contribution in [2.45, 2.75) is 19.3 Å². The van der Waals surface area contributed by atoms with Crippen molar-refractivity contribution in [1.82, 2.24) is 15.0 Å². The number of oxime groups is 1. The lowest BCUT2D eigenvalue weighted by Gasteiger charge is -2.11. The van der Waals surface area contributed by atoms with Crippen molar-refractivity contribution in [2.24, 2.45) is 5.16 Å². The first kappa shape index (κ1) is 21.3. The first-order valence-electron chi connectivity index (χ1n) is 10.3. The predicted octanol–water partition coefficient (Wildman–Crippen LogP) is 3.69. The van der Waals surface area contributed by atoms with Crippen LogP contribution in [0.3, 0.4) is 0 Å². The summed E-state index contributed by atoms with van der Waals surface area (Å²) in [6, 6.07) is 29.1. The summed E-state index contributed by atoms with van der Waals surface area (Å²) < 4.78 is 7.13. The van der Waals surface area contributed by atoms with Crippen LogP contribution in [0.1, 0.15) is 16.8 Å². The highest BCUT2D eigenvalue weighted by Crippen LogP contribution is 2.12. The van der Waals surface area contributed by atoms with E-state index in [1.807, 2.05) is 91.0 Å². The highest BCUT2D eigenvalue weighted by atomic mass is 16.6. The summed E-state index contributed by atoms with van der Waals surface area (Å²) in [5.74, 6) is 0.713. The number of benzene rings is 3. The Hall–Kier alpha value is -3.97. The zero-order valence-corrected chi connectivity index (χ0v) is 17.5. The second kappa shape index (κ2) is 10.9. The Morgan fingerprint density at radius 1 is 0.875 bits per heavy atom. The van der Waals surface area contributed by atoms with Gasteiger partial charge in [0.05, 0.1) is 12.7 Å². The number of aliphatic hydroxyl groups excluding tert-OH is 1. The standard InChI is InChI=1S/C25H24N4O3/c30-23(19-31-24-14-8-3-9-15-24)17-29-16-22(26-28-29)18-32-27-25(20-10-4-1-5-11-20)21-12-6-2-7-13-21/h1-16,23,30H,17-19H2. The fraction of sp³-hybridized carbons (Fsp3) is 0.160. The largest absolute Gasteiger partial charge is 0.491 e. The summed E-state index contributed by atoms with van der Waals surface area (Å²) in [4.78, 5) is 5.60. The molecule has 0 aliphatic carbocycles. The molecule has 0 aliphatic heterocycles. The molecule has 0 aliphatic rings. The zero-order valence-electron chi connectivity index (χ0n) is 17.5. The topological polar surface area (TPSA) is 81.8 Å². The maximum Gasteiger partial charge on any atom is 0.162 e. The minimum Gasteiger partial charge on any atom is -0.491 e. The lowest BCUT2D eigenvalue weighted by atomic mass is 10.0. The van der Waals surface area contributed by atoms with Crippen molar-refractivity contribution < 1.29 is 14.7 Å². The Kier molecular flexibility index (Phi) is 7.23. The number of aromatic nitrogens is 3. The fourth-order valence-corrected chi connectivity index (χ4v) is 3.10. The third kappa shape index (κ3) is 6.02. The monoisotopic (exact) mass is 428 g/mol. The summed E-state index contributed by atoms with van der Waals surface area (Å²) in [7, 11) is 0. The van der Waals surface area contributed by atoms with Crippen LogP contribution in [-0.2, 0) is 18.0 Å². The van der Waals surface area contributed by atoms with Gasteiger partial charge in [-0.15, -0.1) is 5.10 Å². The molecule has 162 valence electrons. The van der Waals surface area contributed by atoms with Crippen LogP contribution in [0.25, 0.3) is 0 Å². The highest BCUT2D eigenvalue weighted by molar-refractivity contribution is 6.12. The molecule has 0 spiro atoms. The maximum atomic E-state index is 10.2. The number of para-hydroxylation sites is 1. The molecule has 1 atom stereocenters. The van der Waals surface area contributed by atoms with Crippen LogP contribution in [0.4, 0.5) is 0 Å². The second-order valence-corrected chi connectivity index (χ2v) is 7.16. The van der Waals surface area contributed by atoms with E-state index < -0.39 is 6.10 Å². The van der Waals surface area contributed by atoms with Crippen LogP contribution in [0.15, 0.2) is 102 Å². The third-order valence-corrected chi connectivity index (χ3v) is 4.63. The number of aliphatic hydroxyl groups is 1. The number of nitrogens with zero attached hydrogens (tertiary/aromatic N) is 4. The first-order valence-corrected chi connectivity index (χ1v) is 10.3. The average Bonchev–Trinajstić information content (AvgIpc) is 3.29. The van der Waals surface area contributed by atoms with E-state index in [1.54, 1.807) is 10.9 Å². The molecule has 3 aromatic carbocycles. The van der Waals surface area contributed by atoms with Gasteiger partial charge >= 0.3 is 0 Å². The number of ether oxygens (including phenoxy) is 1. The van der Waals surface area contributed by atoms with Crippen LogP contribution in [0.2, 0.25) is 0 Å².